The number of rotatable bonds is 10. The molecule has 1 atom stereocenters. The largest absolute Gasteiger partial charge is 2.00 e. The Kier molecular flexibility index (Phi) is 18.6. The van der Waals surface area contributed by atoms with E-state index in [9.17, 15) is 19.8 Å². The molecule has 0 amide bonds. The van der Waals surface area contributed by atoms with Gasteiger partial charge in [-0.1, -0.05) is 60.3 Å². The van der Waals surface area contributed by atoms with E-state index < -0.39 is 11.9 Å². The topological polar surface area (TPSA) is 80.3 Å². The smallest absolute Gasteiger partial charge is 0.550 e. The molecule has 133 valence electrons. The minimum Gasteiger partial charge on any atom is -0.550 e. The van der Waals surface area contributed by atoms with Crippen LogP contribution in [0.25, 0.3) is 0 Å². The molecule has 0 saturated heterocycles. The summed E-state index contributed by atoms with van der Waals surface area (Å²) in [5, 5.41) is 20.4. The van der Waals surface area contributed by atoms with Crippen LogP contribution in [-0.4, -0.2) is 20.4 Å². The second-order valence-corrected chi connectivity index (χ2v) is 7.06. The first kappa shape index (κ1) is 26.9. The van der Waals surface area contributed by atoms with Gasteiger partial charge in [0.25, 0.3) is 0 Å². The third kappa shape index (κ3) is 23.4. The molecule has 1 radical (unpaired) electrons. The minimum atomic E-state index is -0.925. The fourth-order valence-electron chi connectivity index (χ4n) is 2.04. The number of unbranched alkanes of at least 4 members (excludes halogenated alkanes) is 3. The van der Waals surface area contributed by atoms with Gasteiger partial charge in [0.2, 0.25) is 0 Å². The number of carbonyl (C=O) groups is 2. The van der Waals surface area contributed by atoms with Crippen LogP contribution < -0.4 is 10.2 Å². The van der Waals surface area contributed by atoms with Gasteiger partial charge in [0.1, 0.15) is 0 Å². The van der Waals surface area contributed by atoms with Crippen LogP contribution in [0.5, 0.6) is 0 Å². The third-order valence-corrected chi connectivity index (χ3v) is 3.54. The second kappa shape index (κ2) is 15.9. The summed E-state index contributed by atoms with van der Waals surface area (Å²) < 4.78 is 0. The van der Waals surface area contributed by atoms with Crippen LogP contribution in [0.15, 0.2) is 0 Å². The van der Waals surface area contributed by atoms with Crippen molar-refractivity contribution in [3.8, 4) is 0 Å². The molecule has 0 saturated carbocycles. The maximum atomic E-state index is 10.3. The molecule has 1 unspecified atom stereocenters. The molecule has 0 aliphatic heterocycles. The zero-order valence-electron chi connectivity index (χ0n) is 15.7. The van der Waals surface area contributed by atoms with Crippen LogP contribution >= 0.6 is 0 Å². The molecule has 0 aromatic carbocycles. The molecule has 5 heteroatoms. The molecule has 0 aliphatic rings. The van der Waals surface area contributed by atoms with E-state index in [1.807, 2.05) is 6.92 Å². The van der Waals surface area contributed by atoms with E-state index in [0.717, 1.165) is 38.5 Å². The van der Waals surface area contributed by atoms with Crippen LogP contribution in [0.1, 0.15) is 92.4 Å². The van der Waals surface area contributed by atoms with Gasteiger partial charge in [0.15, 0.2) is 0 Å². The monoisotopic (exact) mass is 325 g/mol. The molecule has 0 heterocycles. The van der Waals surface area contributed by atoms with E-state index in [4.69, 9.17) is 0 Å². The maximum Gasteiger partial charge on any atom is 2.00 e. The van der Waals surface area contributed by atoms with Crippen LogP contribution in [0, 0.1) is 11.3 Å². The van der Waals surface area contributed by atoms with Crippen molar-refractivity contribution < 1.29 is 19.8 Å². The fraction of sp³-hybridized carbons (Fsp3) is 0.889. The quantitative estimate of drug-likeness (QED) is 0.456. The van der Waals surface area contributed by atoms with Gasteiger partial charge in [-0.3, -0.25) is 0 Å². The number of aliphatic carboxylic acids is 2. The predicted octanol–water partition coefficient (Wildman–Crippen LogP) is 2.30. The van der Waals surface area contributed by atoms with Crippen LogP contribution in [-0.2, 0) is 9.59 Å². The van der Waals surface area contributed by atoms with Crippen molar-refractivity contribution in [1.29, 1.82) is 0 Å². The van der Waals surface area contributed by atoms with Gasteiger partial charge in [-0.25, -0.2) is 0 Å². The summed E-state index contributed by atoms with van der Waals surface area (Å²) in [5.41, 5.74) is 0.376. The van der Waals surface area contributed by atoms with E-state index in [1.165, 1.54) is 6.42 Å². The van der Waals surface area contributed by atoms with Crippen LogP contribution in [0.4, 0.5) is 0 Å². The van der Waals surface area contributed by atoms with Crippen molar-refractivity contribution in [3.05, 3.63) is 0 Å². The third-order valence-electron chi connectivity index (χ3n) is 3.54. The Labute approximate surface area is 144 Å². The maximum absolute atomic E-state index is 10.3. The predicted molar refractivity (Wildman–Crippen MR) is 91.6 cm³/mol. The van der Waals surface area contributed by atoms with E-state index in [0.29, 0.717) is 11.8 Å². The molecule has 0 rings (SSSR count). The molecule has 0 bridgehead atoms. The van der Waals surface area contributed by atoms with Gasteiger partial charge in [-0.2, -0.15) is 0 Å². The summed E-state index contributed by atoms with van der Waals surface area (Å²) in [6, 6.07) is 0. The Morgan fingerprint density at radius 1 is 0.957 bits per heavy atom. The molecular weight excluding hydrogens is 291 g/mol. The number of carboxylic acids is 2. The number of hydrogen-bond acceptors (Lipinski definition) is 4. The van der Waals surface area contributed by atoms with Crippen molar-refractivity contribution in [1.82, 2.24) is 0 Å². The molecule has 0 spiro atoms. The van der Waals surface area contributed by atoms with Crippen molar-refractivity contribution in [2.24, 2.45) is 11.3 Å². The van der Waals surface area contributed by atoms with Crippen molar-refractivity contribution in [3.63, 3.8) is 0 Å². The zero-order valence-corrected chi connectivity index (χ0v) is 15.7. The Hall–Kier alpha value is -0.995. The van der Waals surface area contributed by atoms with Gasteiger partial charge >= 0.3 is 8.41 Å². The Balaban J connectivity index is -0.000000338. The van der Waals surface area contributed by atoms with E-state index in [-0.39, 0.29) is 20.8 Å². The van der Waals surface area contributed by atoms with E-state index >= 15 is 0 Å². The molecule has 23 heavy (non-hydrogen) atoms. The number of carboxylic acid groups (broad SMARTS) is 2. The average Bonchev–Trinajstić information content (AvgIpc) is 2.38. The molecule has 0 aromatic heterocycles. The summed E-state index contributed by atoms with van der Waals surface area (Å²) in [5.74, 6) is -2.04. The molecular formula is C18H34BO4. The van der Waals surface area contributed by atoms with Gasteiger partial charge in [0, 0.05) is 11.9 Å². The number of hydrogen-bond donors (Lipinski definition) is 0. The number of carbonyl (C=O) groups excluding carboxylic acids is 2. The van der Waals surface area contributed by atoms with Gasteiger partial charge < -0.3 is 19.8 Å². The van der Waals surface area contributed by atoms with Crippen molar-refractivity contribution in [2.45, 2.75) is 92.4 Å². The summed E-state index contributed by atoms with van der Waals surface area (Å²) in [6.07, 6.45) is 7.79. The van der Waals surface area contributed by atoms with Gasteiger partial charge in [-0.15, -0.1) is 0 Å². The Morgan fingerprint density at radius 2 is 1.52 bits per heavy atom. The average molecular weight is 325 g/mol. The Morgan fingerprint density at radius 3 is 1.87 bits per heavy atom. The molecule has 0 fully saturated rings. The molecule has 0 aromatic rings. The first-order chi connectivity index (χ1) is 10.1. The van der Waals surface area contributed by atoms with Crippen LogP contribution in [0.3, 0.4) is 0 Å². The zero-order chi connectivity index (χ0) is 17.6. The molecule has 4 nitrogen and oxygen atoms in total. The van der Waals surface area contributed by atoms with E-state index in [2.05, 4.69) is 27.7 Å². The normalized spacial score (nSPS) is 11.7. The first-order valence-corrected chi connectivity index (χ1v) is 8.54. The standard InChI is InChI=1S/C10H20O2.C8H16O2.B/c1-10(2,3)8-6-4-5-7-9(11)12;1-3-5-6-7(4-2)8(9)10;/h4-8H2,1-3H3,(H,11,12);7H,3-6H2,1-2H3,(H,9,10);/q;;+2/p-2. The fourth-order valence-corrected chi connectivity index (χ4v) is 2.04. The van der Waals surface area contributed by atoms with Gasteiger partial charge in [0.05, 0.1) is 0 Å². The summed E-state index contributed by atoms with van der Waals surface area (Å²) in [4.78, 5) is 20.4. The van der Waals surface area contributed by atoms with Crippen LogP contribution in [0.2, 0.25) is 0 Å². The van der Waals surface area contributed by atoms with Crippen molar-refractivity contribution >= 4 is 20.4 Å². The first-order valence-electron chi connectivity index (χ1n) is 8.54. The van der Waals surface area contributed by atoms with Crippen molar-refractivity contribution in [2.75, 3.05) is 0 Å². The minimum absolute atomic E-state index is 0. The summed E-state index contributed by atoms with van der Waals surface area (Å²) in [7, 11) is 0. The summed E-state index contributed by atoms with van der Waals surface area (Å²) >= 11 is 0. The molecule has 0 aliphatic carbocycles. The SMILES string of the molecule is CC(C)(C)CCCCCC(=O)[O-].CCCCC(CC)C(=O)[O-].[B+2]. The van der Waals surface area contributed by atoms with E-state index in [1.54, 1.807) is 0 Å². The second-order valence-electron chi connectivity index (χ2n) is 7.06. The summed E-state index contributed by atoms with van der Waals surface area (Å²) in [6.45, 7) is 10.5. The Bertz CT molecular complexity index is 298. The molecule has 0 N–H and O–H groups in total. The van der Waals surface area contributed by atoms with Gasteiger partial charge in [-0.05, 0) is 43.4 Å².